The summed E-state index contributed by atoms with van der Waals surface area (Å²) in [7, 11) is 0. The van der Waals surface area contributed by atoms with Crippen LogP contribution in [-0.2, 0) is 14.3 Å². The number of nitrogens with zero attached hydrogens (tertiary/aromatic N) is 3. The first-order valence-electron chi connectivity index (χ1n) is 8.92. The molecule has 0 aromatic heterocycles. The van der Waals surface area contributed by atoms with Crippen molar-refractivity contribution in [1.29, 1.82) is 0 Å². The number of urea groups is 1. The third kappa shape index (κ3) is 3.44. The largest absolute Gasteiger partial charge is 0.372 e. The van der Waals surface area contributed by atoms with Gasteiger partial charge in [-0.2, -0.15) is 0 Å². The average Bonchev–Trinajstić information content (AvgIpc) is 2.78. The highest BCUT2D eigenvalue weighted by atomic mass is 16.5. The lowest BCUT2D eigenvalue weighted by molar-refractivity contribution is -0.146. The van der Waals surface area contributed by atoms with Crippen LogP contribution in [0.5, 0.6) is 0 Å². The van der Waals surface area contributed by atoms with E-state index in [-0.39, 0.29) is 30.6 Å². The number of morpholine rings is 1. The number of aryl methyl sites for hydroxylation is 1. The van der Waals surface area contributed by atoms with Crippen LogP contribution in [0.2, 0.25) is 0 Å². The highest BCUT2D eigenvalue weighted by molar-refractivity contribution is 6.15. The van der Waals surface area contributed by atoms with Crippen molar-refractivity contribution in [3.05, 3.63) is 29.8 Å². The Morgan fingerprint density at radius 3 is 2.23 bits per heavy atom. The minimum absolute atomic E-state index is 0.0596. The fourth-order valence-electron chi connectivity index (χ4n) is 3.53. The molecule has 4 amide bonds. The summed E-state index contributed by atoms with van der Waals surface area (Å²) in [4.78, 5) is 42.2. The highest BCUT2D eigenvalue weighted by Crippen LogP contribution is 2.26. The lowest BCUT2D eigenvalue weighted by atomic mass is 10.2. The molecular formula is C19H25N3O4. The van der Waals surface area contributed by atoms with Crippen molar-refractivity contribution >= 4 is 23.5 Å². The van der Waals surface area contributed by atoms with Gasteiger partial charge in [-0.15, -0.1) is 0 Å². The summed E-state index contributed by atoms with van der Waals surface area (Å²) in [6.45, 7) is 8.16. The van der Waals surface area contributed by atoms with Gasteiger partial charge < -0.3 is 9.64 Å². The minimum atomic E-state index is -0.624. The Morgan fingerprint density at radius 2 is 1.65 bits per heavy atom. The number of imide groups is 1. The zero-order valence-corrected chi connectivity index (χ0v) is 15.6. The van der Waals surface area contributed by atoms with E-state index < -0.39 is 12.1 Å². The van der Waals surface area contributed by atoms with Gasteiger partial charge in [0, 0.05) is 18.8 Å². The molecular weight excluding hydrogens is 334 g/mol. The molecule has 2 aliphatic heterocycles. The highest BCUT2D eigenvalue weighted by Gasteiger charge is 2.44. The topological polar surface area (TPSA) is 70.2 Å². The molecule has 3 rings (SSSR count). The lowest BCUT2D eigenvalue weighted by Crippen LogP contribution is -2.51. The van der Waals surface area contributed by atoms with Gasteiger partial charge in [-0.05, 0) is 39.8 Å². The first-order chi connectivity index (χ1) is 12.3. The fraction of sp³-hybridized carbons (Fsp3) is 0.526. The predicted molar refractivity (Wildman–Crippen MR) is 96.8 cm³/mol. The monoisotopic (exact) mass is 359 g/mol. The molecule has 0 spiro atoms. The van der Waals surface area contributed by atoms with Crippen molar-refractivity contribution in [2.45, 2.75) is 45.9 Å². The van der Waals surface area contributed by atoms with Gasteiger partial charge in [-0.1, -0.05) is 17.7 Å². The third-order valence-electron chi connectivity index (χ3n) is 4.83. The smallest absolute Gasteiger partial charge is 0.332 e. The molecule has 3 atom stereocenters. The number of hydrogen-bond acceptors (Lipinski definition) is 4. The van der Waals surface area contributed by atoms with Gasteiger partial charge in [0.15, 0.2) is 0 Å². The van der Waals surface area contributed by atoms with Gasteiger partial charge in [-0.25, -0.2) is 4.79 Å². The minimum Gasteiger partial charge on any atom is -0.372 e. The second-order valence-corrected chi connectivity index (χ2v) is 7.14. The van der Waals surface area contributed by atoms with Crippen LogP contribution in [0.15, 0.2) is 24.3 Å². The van der Waals surface area contributed by atoms with Crippen LogP contribution in [0.3, 0.4) is 0 Å². The number of carbonyl (C=O) groups is 3. The Balaban J connectivity index is 1.74. The number of amides is 4. The number of carbonyl (C=O) groups excluding carboxylic acids is 3. The Morgan fingerprint density at radius 1 is 1.08 bits per heavy atom. The molecule has 2 saturated heterocycles. The summed E-state index contributed by atoms with van der Waals surface area (Å²) in [6, 6.07) is 6.34. The van der Waals surface area contributed by atoms with E-state index in [1.165, 1.54) is 4.90 Å². The Bertz CT molecular complexity index is 708. The van der Waals surface area contributed by atoms with Crippen LogP contribution in [0, 0.1) is 6.92 Å². The second-order valence-electron chi connectivity index (χ2n) is 7.14. The molecule has 3 unspecified atom stereocenters. The van der Waals surface area contributed by atoms with Crippen LogP contribution in [0.25, 0.3) is 0 Å². The van der Waals surface area contributed by atoms with Crippen LogP contribution < -0.4 is 4.90 Å². The van der Waals surface area contributed by atoms with Crippen molar-refractivity contribution in [3.63, 3.8) is 0 Å². The number of hydrogen-bond donors (Lipinski definition) is 0. The standard InChI is InChI=1S/C19H25N3O4/c1-12-5-7-16(8-6-12)22-15(4)18(24)21(19(22)25)11-17(23)20-9-13(2)26-14(3)10-20/h5-8,13-15H,9-11H2,1-4H3. The molecule has 0 bridgehead atoms. The van der Waals surface area contributed by atoms with Crippen molar-refractivity contribution in [2.24, 2.45) is 0 Å². The molecule has 2 fully saturated rings. The average molecular weight is 359 g/mol. The summed E-state index contributed by atoms with van der Waals surface area (Å²) in [5.41, 5.74) is 1.73. The number of rotatable bonds is 3. The van der Waals surface area contributed by atoms with Crippen LogP contribution in [0.4, 0.5) is 10.5 Å². The maximum atomic E-state index is 12.8. The summed E-state index contributed by atoms with van der Waals surface area (Å²) < 4.78 is 5.63. The van der Waals surface area contributed by atoms with Gasteiger partial charge >= 0.3 is 6.03 Å². The maximum Gasteiger partial charge on any atom is 0.332 e. The van der Waals surface area contributed by atoms with E-state index in [0.29, 0.717) is 18.8 Å². The van der Waals surface area contributed by atoms with Gasteiger partial charge in [0.05, 0.1) is 12.2 Å². The van der Waals surface area contributed by atoms with Gasteiger partial charge in [-0.3, -0.25) is 19.4 Å². The molecule has 1 aromatic carbocycles. The van der Waals surface area contributed by atoms with Crippen molar-refractivity contribution < 1.29 is 19.1 Å². The van der Waals surface area contributed by atoms with Gasteiger partial charge in [0.1, 0.15) is 12.6 Å². The lowest BCUT2D eigenvalue weighted by Gasteiger charge is -2.35. The van der Waals surface area contributed by atoms with E-state index in [1.807, 2.05) is 45.0 Å². The van der Waals surface area contributed by atoms with Crippen LogP contribution in [0.1, 0.15) is 26.3 Å². The maximum absolute atomic E-state index is 12.8. The Kier molecular flexibility index (Phi) is 5.00. The fourth-order valence-corrected chi connectivity index (χ4v) is 3.53. The van der Waals surface area contributed by atoms with E-state index in [1.54, 1.807) is 11.8 Å². The van der Waals surface area contributed by atoms with Gasteiger partial charge in [0.2, 0.25) is 5.91 Å². The SMILES string of the molecule is Cc1ccc(N2C(=O)N(CC(=O)N3CC(C)OC(C)C3)C(=O)C2C)cc1. The first kappa shape index (κ1) is 18.4. The van der Waals surface area contributed by atoms with Crippen LogP contribution >= 0.6 is 0 Å². The molecule has 26 heavy (non-hydrogen) atoms. The number of ether oxygens (including phenoxy) is 1. The molecule has 140 valence electrons. The number of benzene rings is 1. The molecule has 0 saturated carbocycles. The van der Waals surface area contributed by atoms with Crippen molar-refractivity contribution in [1.82, 2.24) is 9.80 Å². The summed E-state index contributed by atoms with van der Waals surface area (Å²) in [5, 5.41) is 0. The molecule has 7 nitrogen and oxygen atoms in total. The zero-order valence-electron chi connectivity index (χ0n) is 15.6. The van der Waals surface area contributed by atoms with Crippen molar-refractivity contribution in [2.75, 3.05) is 24.5 Å². The zero-order chi connectivity index (χ0) is 19.0. The summed E-state index contributed by atoms with van der Waals surface area (Å²) in [6.07, 6.45) is -0.119. The first-order valence-corrected chi connectivity index (χ1v) is 8.92. The molecule has 2 heterocycles. The molecule has 0 N–H and O–H groups in total. The van der Waals surface area contributed by atoms with E-state index >= 15 is 0 Å². The van der Waals surface area contributed by atoms with E-state index in [4.69, 9.17) is 4.74 Å². The summed E-state index contributed by atoms with van der Waals surface area (Å²) in [5.74, 6) is -0.579. The Labute approximate surface area is 153 Å². The van der Waals surface area contributed by atoms with E-state index in [2.05, 4.69) is 0 Å². The summed E-state index contributed by atoms with van der Waals surface area (Å²) >= 11 is 0. The van der Waals surface area contributed by atoms with E-state index in [9.17, 15) is 14.4 Å². The Hall–Kier alpha value is -2.41. The number of anilines is 1. The molecule has 7 heteroatoms. The molecule has 0 aliphatic carbocycles. The second kappa shape index (κ2) is 7.07. The molecule has 1 aromatic rings. The quantitative estimate of drug-likeness (QED) is 0.772. The molecule has 2 aliphatic rings. The van der Waals surface area contributed by atoms with Crippen molar-refractivity contribution in [3.8, 4) is 0 Å². The third-order valence-corrected chi connectivity index (χ3v) is 4.83. The molecule has 0 radical (unpaired) electrons. The predicted octanol–water partition coefficient (Wildman–Crippen LogP) is 1.79. The normalized spacial score (nSPS) is 26.6. The van der Waals surface area contributed by atoms with Crippen LogP contribution in [-0.4, -0.2) is 65.5 Å². The van der Waals surface area contributed by atoms with E-state index in [0.717, 1.165) is 10.5 Å². The van der Waals surface area contributed by atoms with Gasteiger partial charge in [0.25, 0.3) is 5.91 Å².